The van der Waals surface area contributed by atoms with Gasteiger partial charge in [0.15, 0.2) is 0 Å². The number of nitrogens with one attached hydrogen (secondary N) is 1. The number of ether oxygens (including phenoxy) is 1. The fourth-order valence-corrected chi connectivity index (χ4v) is 5.97. The molecule has 3 aliphatic heterocycles. The van der Waals surface area contributed by atoms with Gasteiger partial charge >= 0.3 is 5.97 Å². The Bertz CT molecular complexity index is 799. The Morgan fingerprint density at radius 3 is 2.60 bits per heavy atom. The molecule has 0 radical (unpaired) electrons. The maximum atomic E-state index is 13.0. The second kappa shape index (κ2) is 9.36. The van der Waals surface area contributed by atoms with Crippen LogP contribution in [0.2, 0.25) is 0 Å². The Hall–Kier alpha value is -1.45. The summed E-state index contributed by atoms with van der Waals surface area (Å²) in [6.07, 6.45) is 3.99. The molecule has 170 valence electrons. The Morgan fingerprint density at radius 2 is 1.97 bits per heavy atom. The first-order valence-corrected chi connectivity index (χ1v) is 12.7. The lowest BCUT2D eigenvalue weighted by atomic mass is 9.83. The number of piperidine rings is 2. The van der Waals surface area contributed by atoms with Crippen molar-refractivity contribution in [3.05, 3.63) is 11.1 Å². The molecule has 30 heavy (non-hydrogen) atoms. The zero-order valence-electron chi connectivity index (χ0n) is 18.4. The SMILES string of the molecule is CCS(=O)(=O)N1CCC2(CC1)OC(=O)C(C)=C2C(=O)NCCCN1CCCC(C)C1. The molecular formula is C21H35N3O5S. The van der Waals surface area contributed by atoms with Gasteiger partial charge in [0.1, 0.15) is 5.60 Å². The van der Waals surface area contributed by atoms with E-state index in [1.807, 2.05) is 0 Å². The number of carbonyl (C=O) groups excluding carboxylic acids is 2. The molecule has 0 aromatic heterocycles. The number of nitrogens with zero attached hydrogens (tertiary/aromatic N) is 2. The van der Waals surface area contributed by atoms with E-state index in [9.17, 15) is 18.0 Å². The van der Waals surface area contributed by atoms with Crippen LogP contribution in [0.5, 0.6) is 0 Å². The number of sulfonamides is 1. The molecule has 1 amide bonds. The number of amides is 1. The maximum absolute atomic E-state index is 13.0. The predicted molar refractivity (Wildman–Crippen MR) is 114 cm³/mol. The average Bonchev–Trinajstić information content (AvgIpc) is 2.95. The molecule has 3 rings (SSSR count). The zero-order valence-corrected chi connectivity index (χ0v) is 19.2. The topological polar surface area (TPSA) is 96.0 Å². The van der Waals surface area contributed by atoms with Gasteiger partial charge in [0.05, 0.1) is 11.3 Å². The van der Waals surface area contributed by atoms with Gasteiger partial charge in [-0.2, -0.15) is 0 Å². The quantitative estimate of drug-likeness (QED) is 0.472. The lowest BCUT2D eigenvalue weighted by Gasteiger charge is -2.38. The Balaban J connectivity index is 1.57. The van der Waals surface area contributed by atoms with Crippen molar-refractivity contribution < 1.29 is 22.7 Å². The van der Waals surface area contributed by atoms with Crippen LogP contribution in [0.1, 0.15) is 52.9 Å². The molecule has 9 heteroatoms. The summed E-state index contributed by atoms with van der Waals surface area (Å²) in [6, 6.07) is 0. The predicted octanol–water partition coefficient (Wildman–Crippen LogP) is 1.28. The maximum Gasteiger partial charge on any atom is 0.335 e. The van der Waals surface area contributed by atoms with Crippen molar-refractivity contribution in [2.24, 2.45) is 5.92 Å². The summed E-state index contributed by atoms with van der Waals surface area (Å²) >= 11 is 0. The van der Waals surface area contributed by atoms with Crippen molar-refractivity contribution in [2.45, 2.75) is 58.5 Å². The molecule has 3 aliphatic rings. The van der Waals surface area contributed by atoms with Crippen LogP contribution < -0.4 is 5.32 Å². The van der Waals surface area contributed by atoms with E-state index in [2.05, 4.69) is 17.1 Å². The largest absolute Gasteiger partial charge is 0.450 e. The second-order valence-electron chi connectivity index (χ2n) is 8.84. The van der Waals surface area contributed by atoms with Crippen molar-refractivity contribution in [2.75, 3.05) is 45.0 Å². The highest BCUT2D eigenvalue weighted by atomic mass is 32.2. The molecular weight excluding hydrogens is 406 g/mol. The lowest BCUT2D eigenvalue weighted by Crippen LogP contribution is -2.50. The van der Waals surface area contributed by atoms with Crippen molar-refractivity contribution in [1.82, 2.24) is 14.5 Å². The number of rotatable bonds is 7. The fraction of sp³-hybridized carbons (Fsp3) is 0.810. The van der Waals surface area contributed by atoms with Crippen LogP contribution in [0.3, 0.4) is 0 Å². The molecule has 1 unspecified atom stereocenters. The first-order valence-electron chi connectivity index (χ1n) is 11.1. The van der Waals surface area contributed by atoms with Crippen molar-refractivity contribution in [1.29, 1.82) is 0 Å². The fourth-order valence-electron chi connectivity index (χ4n) is 4.87. The lowest BCUT2D eigenvalue weighted by molar-refractivity contribution is -0.150. The van der Waals surface area contributed by atoms with Crippen molar-refractivity contribution >= 4 is 21.9 Å². The average molecular weight is 442 g/mol. The van der Waals surface area contributed by atoms with E-state index in [4.69, 9.17) is 4.74 Å². The third-order valence-corrected chi connectivity index (χ3v) is 8.50. The number of hydrogen-bond acceptors (Lipinski definition) is 6. The van der Waals surface area contributed by atoms with Gasteiger partial charge in [0, 0.05) is 44.6 Å². The first-order chi connectivity index (χ1) is 14.2. The minimum Gasteiger partial charge on any atom is -0.450 e. The third kappa shape index (κ3) is 4.89. The van der Waals surface area contributed by atoms with Gasteiger partial charge in [-0.15, -0.1) is 0 Å². The molecule has 8 nitrogen and oxygen atoms in total. The number of carbonyl (C=O) groups is 2. The second-order valence-corrected chi connectivity index (χ2v) is 11.1. The Labute approximate surface area is 180 Å². The molecule has 2 fully saturated rings. The Morgan fingerprint density at radius 1 is 1.27 bits per heavy atom. The monoisotopic (exact) mass is 441 g/mol. The molecule has 1 atom stereocenters. The van der Waals surface area contributed by atoms with E-state index in [0.717, 1.165) is 32.0 Å². The zero-order chi connectivity index (χ0) is 21.9. The van der Waals surface area contributed by atoms with Gasteiger partial charge in [0.2, 0.25) is 10.0 Å². The van der Waals surface area contributed by atoms with Crippen molar-refractivity contribution in [3.63, 3.8) is 0 Å². The van der Waals surface area contributed by atoms with E-state index < -0.39 is 21.6 Å². The molecule has 0 aromatic rings. The summed E-state index contributed by atoms with van der Waals surface area (Å²) in [7, 11) is -3.29. The van der Waals surface area contributed by atoms with E-state index in [0.29, 0.717) is 30.5 Å². The van der Waals surface area contributed by atoms with Gasteiger partial charge in [-0.3, -0.25) is 4.79 Å². The van der Waals surface area contributed by atoms with Gasteiger partial charge < -0.3 is 15.0 Å². The molecule has 0 aromatic carbocycles. The summed E-state index contributed by atoms with van der Waals surface area (Å²) in [6.45, 7) is 9.73. The van der Waals surface area contributed by atoms with Gasteiger partial charge in [-0.05, 0) is 52.1 Å². The molecule has 0 bridgehead atoms. The molecule has 2 saturated heterocycles. The van der Waals surface area contributed by atoms with E-state index in [1.165, 1.54) is 17.1 Å². The minimum absolute atomic E-state index is 0.0395. The van der Waals surface area contributed by atoms with E-state index in [1.54, 1.807) is 13.8 Å². The molecule has 1 spiro atoms. The standard InChI is InChI=1S/C21H35N3O5S/c1-4-30(27,28)24-13-8-21(9-14-24)18(17(3)20(26)29-21)19(25)22-10-6-12-23-11-5-7-16(2)15-23/h16H,4-15H2,1-3H3,(H,22,25). The smallest absolute Gasteiger partial charge is 0.335 e. The summed E-state index contributed by atoms with van der Waals surface area (Å²) < 4.78 is 31.4. The minimum atomic E-state index is -3.29. The van der Waals surface area contributed by atoms with Crippen molar-refractivity contribution in [3.8, 4) is 0 Å². The van der Waals surface area contributed by atoms with Crippen LogP contribution in [-0.4, -0.2) is 80.1 Å². The van der Waals surface area contributed by atoms with Crippen LogP contribution in [0, 0.1) is 5.92 Å². The summed E-state index contributed by atoms with van der Waals surface area (Å²) in [5.74, 6) is 0.0223. The number of hydrogen-bond donors (Lipinski definition) is 1. The molecule has 0 aliphatic carbocycles. The number of likely N-dealkylation sites (tertiary alicyclic amines) is 1. The van der Waals surface area contributed by atoms with E-state index >= 15 is 0 Å². The molecule has 3 heterocycles. The highest BCUT2D eigenvalue weighted by Gasteiger charge is 2.51. The van der Waals surface area contributed by atoms with Gasteiger partial charge in [0.25, 0.3) is 5.91 Å². The molecule has 1 N–H and O–H groups in total. The van der Waals surface area contributed by atoms with Gasteiger partial charge in [-0.25, -0.2) is 17.5 Å². The van der Waals surface area contributed by atoms with Gasteiger partial charge in [-0.1, -0.05) is 6.92 Å². The highest BCUT2D eigenvalue weighted by molar-refractivity contribution is 7.89. The first kappa shape index (κ1) is 23.2. The van der Waals surface area contributed by atoms with E-state index in [-0.39, 0.29) is 24.7 Å². The Kier molecular flexibility index (Phi) is 7.24. The summed E-state index contributed by atoms with van der Waals surface area (Å²) in [5, 5.41) is 2.96. The molecule has 0 saturated carbocycles. The third-order valence-electron chi connectivity index (χ3n) is 6.62. The summed E-state index contributed by atoms with van der Waals surface area (Å²) in [4.78, 5) is 27.7. The van der Waals surface area contributed by atoms with Crippen LogP contribution in [0.25, 0.3) is 0 Å². The van der Waals surface area contributed by atoms with Crippen LogP contribution in [-0.2, 0) is 24.3 Å². The van der Waals surface area contributed by atoms with Crippen LogP contribution >= 0.6 is 0 Å². The normalized spacial score (nSPS) is 25.6. The summed E-state index contributed by atoms with van der Waals surface area (Å²) in [5.41, 5.74) is -0.287. The number of esters is 1. The van der Waals surface area contributed by atoms with Crippen LogP contribution in [0.15, 0.2) is 11.1 Å². The van der Waals surface area contributed by atoms with Crippen LogP contribution in [0.4, 0.5) is 0 Å². The highest BCUT2D eigenvalue weighted by Crippen LogP contribution is 2.41.